The highest BCUT2D eigenvalue weighted by molar-refractivity contribution is 6.35. The molecule has 6 heteroatoms. The second kappa shape index (κ2) is 7.46. The van der Waals surface area contributed by atoms with Crippen LogP contribution < -0.4 is 4.90 Å². The summed E-state index contributed by atoms with van der Waals surface area (Å²) in [6, 6.07) is 12.4. The summed E-state index contributed by atoms with van der Waals surface area (Å²) in [5.74, 6) is -0.310. The number of hydrogen-bond acceptors (Lipinski definition) is 2. The smallest absolute Gasteiger partial charge is 0.232 e. The van der Waals surface area contributed by atoms with Crippen LogP contribution in [0, 0.1) is 5.41 Å². The molecule has 1 atom stereocenters. The van der Waals surface area contributed by atoms with Gasteiger partial charge in [0.1, 0.15) is 0 Å². The molecule has 2 aromatic carbocycles. The van der Waals surface area contributed by atoms with Gasteiger partial charge in [0.05, 0.1) is 5.69 Å². The first-order valence-electron chi connectivity index (χ1n) is 9.45. The molecule has 1 unspecified atom stereocenters. The van der Waals surface area contributed by atoms with Crippen molar-refractivity contribution in [3.05, 3.63) is 74.4 Å². The van der Waals surface area contributed by atoms with Gasteiger partial charge in [0.25, 0.3) is 0 Å². The Labute approximate surface area is 185 Å². The Balaban J connectivity index is 1.92. The molecule has 4 rings (SSSR count). The predicted molar refractivity (Wildman–Crippen MR) is 118 cm³/mol. The third-order valence-electron chi connectivity index (χ3n) is 5.50. The number of allylic oxidation sites excluding steroid dienone is 2. The van der Waals surface area contributed by atoms with Crippen LogP contribution in [0.25, 0.3) is 0 Å². The average Bonchev–Trinajstić information content (AvgIpc) is 2.58. The van der Waals surface area contributed by atoms with E-state index in [1.54, 1.807) is 29.2 Å². The van der Waals surface area contributed by atoms with Gasteiger partial charge in [-0.1, -0.05) is 60.8 Å². The van der Waals surface area contributed by atoms with Gasteiger partial charge in [-0.2, -0.15) is 0 Å². The van der Waals surface area contributed by atoms with Crippen molar-refractivity contribution in [2.45, 2.75) is 39.0 Å². The Hall–Kier alpha value is -1.81. The normalized spacial score (nSPS) is 21.4. The van der Waals surface area contributed by atoms with E-state index in [-0.39, 0.29) is 29.4 Å². The maximum Gasteiger partial charge on any atom is 0.232 e. The molecule has 0 spiro atoms. The number of halogens is 3. The van der Waals surface area contributed by atoms with Crippen molar-refractivity contribution >= 4 is 52.2 Å². The molecule has 2 aliphatic rings. The van der Waals surface area contributed by atoms with E-state index in [1.165, 1.54) is 0 Å². The molecule has 1 aliphatic carbocycles. The summed E-state index contributed by atoms with van der Waals surface area (Å²) in [6.07, 6.45) is 1.25. The molecular weight excluding hydrogens is 429 g/mol. The van der Waals surface area contributed by atoms with Gasteiger partial charge < -0.3 is 0 Å². The van der Waals surface area contributed by atoms with Crippen molar-refractivity contribution in [2.75, 3.05) is 4.90 Å². The van der Waals surface area contributed by atoms with Crippen LogP contribution in [0.15, 0.2) is 53.7 Å². The number of nitrogens with zero attached hydrogens (tertiary/aromatic N) is 1. The van der Waals surface area contributed by atoms with E-state index < -0.39 is 0 Å². The second-order valence-corrected chi connectivity index (χ2v) is 9.78. The van der Waals surface area contributed by atoms with Gasteiger partial charge in [0.2, 0.25) is 5.91 Å². The van der Waals surface area contributed by atoms with Gasteiger partial charge in [-0.15, -0.1) is 0 Å². The van der Waals surface area contributed by atoms with Gasteiger partial charge >= 0.3 is 0 Å². The van der Waals surface area contributed by atoms with Gasteiger partial charge in [0.15, 0.2) is 5.78 Å². The van der Waals surface area contributed by atoms with Crippen molar-refractivity contribution in [1.29, 1.82) is 0 Å². The Bertz CT molecular complexity index is 1040. The number of anilines is 1. The lowest BCUT2D eigenvalue weighted by Crippen LogP contribution is -2.43. The quantitative estimate of drug-likeness (QED) is 0.506. The number of amides is 1. The Morgan fingerprint density at radius 2 is 1.62 bits per heavy atom. The summed E-state index contributed by atoms with van der Waals surface area (Å²) in [4.78, 5) is 28.2. The Morgan fingerprint density at radius 1 is 0.931 bits per heavy atom. The maximum atomic E-state index is 13.3. The number of Topliss-reactive ketones (excluding diaryl/α,β-unsaturated/α-hetero) is 1. The summed E-state index contributed by atoms with van der Waals surface area (Å²) in [7, 11) is 0. The molecule has 1 aliphatic heterocycles. The molecule has 0 saturated heterocycles. The van der Waals surface area contributed by atoms with Crippen LogP contribution in [0.3, 0.4) is 0 Å². The number of hydrogen-bond donors (Lipinski definition) is 0. The molecule has 150 valence electrons. The van der Waals surface area contributed by atoms with Crippen LogP contribution in [0.4, 0.5) is 5.69 Å². The number of carbonyl (C=O) groups is 2. The summed E-state index contributed by atoms with van der Waals surface area (Å²) in [5.41, 5.74) is 2.67. The van der Waals surface area contributed by atoms with Crippen LogP contribution in [-0.4, -0.2) is 11.7 Å². The zero-order chi connectivity index (χ0) is 20.9. The van der Waals surface area contributed by atoms with E-state index >= 15 is 0 Å². The fourth-order valence-corrected chi connectivity index (χ4v) is 5.10. The first-order valence-corrected chi connectivity index (χ1v) is 10.6. The molecule has 3 nitrogen and oxygen atoms in total. The molecular formula is C23H20Cl3NO2. The first-order chi connectivity index (χ1) is 13.6. The minimum atomic E-state index is -0.300. The highest BCUT2D eigenvalue weighted by atomic mass is 35.5. The summed E-state index contributed by atoms with van der Waals surface area (Å²) >= 11 is 18.6. The summed E-state index contributed by atoms with van der Waals surface area (Å²) < 4.78 is 0. The van der Waals surface area contributed by atoms with Gasteiger partial charge in [-0.05, 0) is 47.7 Å². The van der Waals surface area contributed by atoms with Crippen LogP contribution in [0.2, 0.25) is 15.1 Å². The largest absolute Gasteiger partial charge is 0.294 e. The molecule has 0 aromatic heterocycles. The van der Waals surface area contributed by atoms with E-state index in [2.05, 4.69) is 0 Å². The van der Waals surface area contributed by atoms with Crippen LogP contribution >= 0.6 is 34.8 Å². The summed E-state index contributed by atoms with van der Waals surface area (Å²) in [6.45, 7) is 4.09. The molecule has 0 radical (unpaired) electrons. The lowest BCUT2D eigenvalue weighted by Gasteiger charge is -2.43. The zero-order valence-electron chi connectivity index (χ0n) is 16.1. The van der Waals surface area contributed by atoms with Gasteiger partial charge in [-0.25, -0.2) is 0 Å². The van der Waals surface area contributed by atoms with Gasteiger partial charge in [-0.3, -0.25) is 14.5 Å². The molecule has 1 amide bonds. The van der Waals surface area contributed by atoms with Gasteiger partial charge in [0, 0.05) is 45.1 Å². The number of ketones is 1. The van der Waals surface area contributed by atoms with E-state index in [4.69, 9.17) is 34.8 Å². The first kappa shape index (κ1) is 20.5. The molecule has 29 heavy (non-hydrogen) atoms. The standard InChI is InChI=1S/C23H20Cl3NO2/c1-23(2)11-19-22(20(28)12-23)18(13-4-3-5-14(24)6-13)10-21(29)27(19)17-8-15(25)7-16(26)9-17/h3-9,18H,10-12H2,1-2H3. The van der Waals surface area contributed by atoms with Crippen LogP contribution in [0.1, 0.15) is 44.6 Å². The lowest BCUT2D eigenvalue weighted by molar-refractivity contribution is -0.121. The van der Waals surface area contributed by atoms with E-state index in [9.17, 15) is 9.59 Å². The topological polar surface area (TPSA) is 37.4 Å². The van der Waals surface area contributed by atoms with Crippen molar-refractivity contribution in [2.24, 2.45) is 5.41 Å². The second-order valence-electron chi connectivity index (χ2n) is 8.47. The molecule has 1 heterocycles. The SMILES string of the molecule is CC1(C)CC(=O)C2=C(C1)N(c1cc(Cl)cc(Cl)c1)C(=O)CC2c1cccc(Cl)c1. The monoisotopic (exact) mass is 447 g/mol. The summed E-state index contributed by atoms with van der Waals surface area (Å²) in [5, 5.41) is 1.48. The number of benzene rings is 2. The molecule has 0 fully saturated rings. The number of carbonyl (C=O) groups excluding carboxylic acids is 2. The minimum absolute atomic E-state index is 0.0758. The van der Waals surface area contributed by atoms with Crippen molar-refractivity contribution in [3.8, 4) is 0 Å². The molecule has 0 N–H and O–H groups in total. The molecule has 0 bridgehead atoms. The van der Waals surface area contributed by atoms with Crippen molar-refractivity contribution < 1.29 is 9.59 Å². The molecule has 2 aromatic rings. The van der Waals surface area contributed by atoms with E-state index in [1.807, 2.05) is 32.0 Å². The third-order valence-corrected chi connectivity index (χ3v) is 6.17. The predicted octanol–water partition coefficient (Wildman–Crippen LogP) is 6.81. The lowest BCUT2D eigenvalue weighted by atomic mass is 9.69. The average molecular weight is 449 g/mol. The minimum Gasteiger partial charge on any atom is -0.294 e. The van der Waals surface area contributed by atoms with Crippen molar-refractivity contribution in [3.63, 3.8) is 0 Å². The van der Waals surface area contributed by atoms with Crippen LogP contribution in [0.5, 0.6) is 0 Å². The Morgan fingerprint density at radius 3 is 2.28 bits per heavy atom. The van der Waals surface area contributed by atoms with E-state index in [0.29, 0.717) is 39.2 Å². The highest BCUT2D eigenvalue weighted by Crippen LogP contribution is 2.48. The Kier molecular flexibility index (Phi) is 5.27. The maximum absolute atomic E-state index is 13.3. The third kappa shape index (κ3) is 3.96. The fourth-order valence-electron chi connectivity index (χ4n) is 4.39. The fraction of sp³-hybridized carbons (Fsp3) is 0.304. The highest BCUT2D eigenvalue weighted by Gasteiger charge is 2.44. The number of rotatable bonds is 2. The zero-order valence-corrected chi connectivity index (χ0v) is 18.4. The molecule has 0 saturated carbocycles. The van der Waals surface area contributed by atoms with Crippen LogP contribution in [-0.2, 0) is 9.59 Å². The van der Waals surface area contributed by atoms with Crippen molar-refractivity contribution in [1.82, 2.24) is 0 Å². The van der Waals surface area contributed by atoms with E-state index in [0.717, 1.165) is 11.3 Å².